The first-order valence-electron chi connectivity index (χ1n) is 4.59. The molecule has 2 rings (SSSR count). The number of piperidine rings is 1. The van der Waals surface area contributed by atoms with Gasteiger partial charge in [0.05, 0.1) is 18.3 Å². The third-order valence-electron chi connectivity index (χ3n) is 2.27. The molecule has 2 heterocycles. The summed E-state index contributed by atoms with van der Waals surface area (Å²) in [4.78, 5) is 28.2. The molecule has 0 radical (unpaired) electrons. The zero-order chi connectivity index (χ0) is 10.8. The van der Waals surface area contributed by atoms with Gasteiger partial charge < -0.3 is 4.90 Å². The third kappa shape index (κ3) is 2.23. The summed E-state index contributed by atoms with van der Waals surface area (Å²) in [6, 6.07) is 1.82. The lowest BCUT2D eigenvalue weighted by Crippen LogP contribution is -2.39. The van der Waals surface area contributed by atoms with Gasteiger partial charge in [-0.3, -0.25) is 14.6 Å². The van der Waals surface area contributed by atoms with Gasteiger partial charge in [-0.15, -0.1) is 0 Å². The molecule has 15 heavy (non-hydrogen) atoms. The molecule has 0 N–H and O–H groups in total. The van der Waals surface area contributed by atoms with E-state index in [0.717, 1.165) is 10.2 Å². The normalized spacial score (nSPS) is 17.0. The Morgan fingerprint density at radius 3 is 2.80 bits per heavy atom. The van der Waals surface area contributed by atoms with Crippen molar-refractivity contribution in [2.75, 3.05) is 11.4 Å². The van der Waals surface area contributed by atoms with E-state index in [1.54, 1.807) is 17.3 Å². The first-order chi connectivity index (χ1) is 7.16. The van der Waals surface area contributed by atoms with Gasteiger partial charge in [-0.25, -0.2) is 0 Å². The second kappa shape index (κ2) is 4.10. The fourth-order valence-corrected chi connectivity index (χ4v) is 1.89. The summed E-state index contributed by atoms with van der Waals surface area (Å²) in [7, 11) is 0. The summed E-state index contributed by atoms with van der Waals surface area (Å²) in [5.41, 5.74) is 0.738. The lowest BCUT2D eigenvalue weighted by Gasteiger charge is -2.25. The van der Waals surface area contributed by atoms with E-state index in [0.29, 0.717) is 13.0 Å². The molecule has 0 aliphatic carbocycles. The first-order valence-corrected chi connectivity index (χ1v) is 5.39. The maximum Gasteiger partial charge on any atom is 0.234 e. The van der Waals surface area contributed by atoms with Crippen molar-refractivity contribution in [3.8, 4) is 0 Å². The van der Waals surface area contributed by atoms with Crippen molar-refractivity contribution in [2.45, 2.75) is 12.8 Å². The van der Waals surface area contributed by atoms with Crippen LogP contribution in [-0.4, -0.2) is 23.2 Å². The van der Waals surface area contributed by atoms with Gasteiger partial charge in [0, 0.05) is 23.6 Å². The number of halogens is 1. The lowest BCUT2D eigenvalue weighted by atomic mass is 10.1. The minimum Gasteiger partial charge on any atom is -0.310 e. The highest BCUT2D eigenvalue weighted by Gasteiger charge is 2.24. The molecule has 1 aliphatic heterocycles. The number of rotatable bonds is 1. The molecule has 1 amide bonds. The van der Waals surface area contributed by atoms with Crippen LogP contribution in [0.5, 0.6) is 0 Å². The second-order valence-corrected chi connectivity index (χ2v) is 4.29. The Hall–Kier alpha value is -1.23. The van der Waals surface area contributed by atoms with Crippen molar-refractivity contribution in [3.05, 3.63) is 22.9 Å². The largest absolute Gasteiger partial charge is 0.310 e. The average Bonchev–Trinajstić information content (AvgIpc) is 2.17. The number of hydrogen-bond acceptors (Lipinski definition) is 3. The van der Waals surface area contributed by atoms with E-state index >= 15 is 0 Å². The number of Topliss-reactive ketones (excluding diaryl/α,β-unsaturated/α-hetero) is 1. The number of aromatic nitrogens is 1. The van der Waals surface area contributed by atoms with Crippen molar-refractivity contribution in [3.63, 3.8) is 0 Å². The van der Waals surface area contributed by atoms with Crippen LogP contribution in [0.1, 0.15) is 12.8 Å². The number of ketones is 1. The molecule has 1 aromatic rings. The predicted molar refractivity (Wildman–Crippen MR) is 58.5 cm³/mol. The van der Waals surface area contributed by atoms with E-state index in [1.807, 2.05) is 6.07 Å². The van der Waals surface area contributed by atoms with Crippen LogP contribution < -0.4 is 4.90 Å². The highest BCUT2D eigenvalue weighted by atomic mass is 79.9. The summed E-state index contributed by atoms with van der Waals surface area (Å²) in [6.45, 7) is 0.454. The average molecular weight is 269 g/mol. The summed E-state index contributed by atoms with van der Waals surface area (Å²) >= 11 is 3.29. The number of pyridine rings is 1. The van der Waals surface area contributed by atoms with Crippen molar-refractivity contribution in [2.24, 2.45) is 0 Å². The zero-order valence-electron chi connectivity index (χ0n) is 7.94. The molecule has 78 valence electrons. The van der Waals surface area contributed by atoms with Crippen LogP contribution in [0.3, 0.4) is 0 Å². The Balaban J connectivity index is 2.24. The molecule has 0 unspecified atom stereocenters. The molecule has 0 spiro atoms. The molecular formula is C10H9BrN2O2. The number of amides is 1. The summed E-state index contributed by atoms with van der Waals surface area (Å²) < 4.78 is 0.824. The molecule has 1 saturated heterocycles. The molecule has 1 fully saturated rings. The van der Waals surface area contributed by atoms with E-state index in [1.165, 1.54) is 0 Å². The summed E-state index contributed by atoms with van der Waals surface area (Å²) in [6.07, 6.45) is 3.71. The topological polar surface area (TPSA) is 50.3 Å². The Morgan fingerprint density at radius 2 is 2.13 bits per heavy atom. The lowest BCUT2D eigenvalue weighted by molar-refractivity contribution is -0.128. The van der Waals surface area contributed by atoms with E-state index in [2.05, 4.69) is 20.9 Å². The highest BCUT2D eigenvalue weighted by molar-refractivity contribution is 9.10. The van der Waals surface area contributed by atoms with Gasteiger partial charge in [-0.1, -0.05) is 0 Å². The van der Waals surface area contributed by atoms with E-state index in [4.69, 9.17) is 0 Å². The number of hydrogen-bond donors (Lipinski definition) is 0. The highest BCUT2D eigenvalue weighted by Crippen LogP contribution is 2.21. The van der Waals surface area contributed by atoms with E-state index in [-0.39, 0.29) is 18.1 Å². The molecule has 0 bridgehead atoms. The minimum absolute atomic E-state index is 0.00646. The van der Waals surface area contributed by atoms with Gasteiger partial charge >= 0.3 is 0 Å². The fraction of sp³-hybridized carbons (Fsp3) is 0.300. The molecule has 1 aromatic heterocycles. The summed E-state index contributed by atoms with van der Waals surface area (Å²) in [5, 5.41) is 0. The van der Waals surface area contributed by atoms with Crippen molar-refractivity contribution in [1.29, 1.82) is 0 Å². The van der Waals surface area contributed by atoms with Gasteiger partial charge in [0.25, 0.3) is 0 Å². The van der Waals surface area contributed by atoms with Crippen molar-refractivity contribution >= 4 is 33.3 Å². The molecule has 5 heteroatoms. The van der Waals surface area contributed by atoms with Crippen LogP contribution in [0.15, 0.2) is 22.9 Å². The Labute approximate surface area is 95.4 Å². The summed E-state index contributed by atoms with van der Waals surface area (Å²) in [5.74, 6) is -0.134. The van der Waals surface area contributed by atoms with Crippen LogP contribution >= 0.6 is 15.9 Å². The number of nitrogens with zero attached hydrogens (tertiary/aromatic N) is 2. The van der Waals surface area contributed by atoms with Gasteiger partial charge in [-0.2, -0.15) is 0 Å². The van der Waals surface area contributed by atoms with Crippen molar-refractivity contribution < 1.29 is 9.59 Å². The van der Waals surface area contributed by atoms with Crippen LogP contribution in [0.25, 0.3) is 0 Å². The Bertz CT molecular complexity index is 420. The van der Waals surface area contributed by atoms with Crippen LogP contribution in [-0.2, 0) is 9.59 Å². The molecule has 0 saturated carbocycles. The minimum atomic E-state index is -0.147. The van der Waals surface area contributed by atoms with Crippen LogP contribution in [0.4, 0.5) is 5.69 Å². The number of carbonyl (C=O) groups is 2. The zero-order valence-corrected chi connectivity index (χ0v) is 9.53. The maximum absolute atomic E-state index is 11.6. The third-order valence-corrected chi connectivity index (χ3v) is 2.70. The van der Waals surface area contributed by atoms with Crippen LogP contribution in [0, 0.1) is 0 Å². The molecule has 0 atom stereocenters. The van der Waals surface area contributed by atoms with Crippen LogP contribution in [0.2, 0.25) is 0 Å². The fourth-order valence-electron chi connectivity index (χ4n) is 1.54. The second-order valence-electron chi connectivity index (χ2n) is 3.37. The molecule has 0 aromatic carbocycles. The predicted octanol–water partition coefficient (Wildman–Crippen LogP) is 1.54. The first kappa shape index (κ1) is 10.3. The van der Waals surface area contributed by atoms with Gasteiger partial charge in [0.1, 0.15) is 5.78 Å². The molecular weight excluding hydrogens is 260 g/mol. The van der Waals surface area contributed by atoms with Gasteiger partial charge in [0.15, 0.2) is 0 Å². The van der Waals surface area contributed by atoms with E-state index < -0.39 is 0 Å². The van der Waals surface area contributed by atoms with Gasteiger partial charge in [0.2, 0.25) is 5.91 Å². The van der Waals surface area contributed by atoms with E-state index in [9.17, 15) is 9.59 Å². The monoisotopic (exact) mass is 268 g/mol. The number of anilines is 1. The standard InChI is InChI=1S/C10H9BrN2O2/c11-7-3-8(6-12-5-7)13-2-1-9(14)4-10(13)15/h3,5-6H,1-2,4H2. The van der Waals surface area contributed by atoms with Gasteiger partial charge in [-0.05, 0) is 22.0 Å². The van der Waals surface area contributed by atoms with Crippen molar-refractivity contribution in [1.82, 2.24) is 4.98 Å². The number of carbonyl (C=O) groups excluding carboxylic acids is 2. The smallest absolute Gasteiger partial charge is 0.234 e. The quantitative estimate of drug-likeness (QED) is 0.726. The maximum atomic E-state index is 11.6. The molecule has 1 aliphatic rings. The Kier molecular flexibility index (Phi) is 2.81. The SMILES string of the molecule is O=C1CCN(c2cncc(Br)c2)C(=O)C1. The Morgan fingerprint density at radius 1 is 1.33 bits per heavy atom. The molecule has 4 nitrogen and oxygen atoms in total.